The van der Waals surface area contributed by atoms with Crippen LogP contribution in [0.25, 0.3) is 10.9 Å². The van der Waals surface area contributed by atoms with E-state index in [4.69, 9.17) is 0 Å². The summed E-state index contributed by atoms with van der Waals surface area (Å²) in [5, 5.41) is 9.92. The van der Waals surface area contributed by atoms with Crippen molar-refractivity contribution in [2.24, 2.45) is 0 Å². The van der Waals surface area contributed by atoms with Crippen molar-refractivity contribution in [1.29, 1.82) is 0 Å². The van der Waals surface area contributed by atoms with Crippen molar-refractivity contribution in [1.82, 2.24) is 29.4 Å². The number of benzene rings is 1. The first kappa shape index (κ1) is 15.8. The lowest BCUT2D eigenvalue weighted by molar-refractivity contribution is -0.133. The zero-order valence-electron chi connectivity index (χ0n) is 14.6. The van der Waals surface area contributed by atoms with E-state index in [1.807, 2.05) is 53.9 Å². The molecule has 3 heterocycles. The van der Waals surface area contributed by atoms with Crippen molar-refractivity contribution in [2.45, 2.75) is 39.3 Å². The maximum absolute atomic E-state index is 12.8. The van der Waals surface area contributed by atoms with Gasteiger partial charge < -0.3 is 4.90 Å². The Morgan fingerprint density at radius 3 is 2.92 bits per heavy atom. The third-order valence-electron chi connectivity index (χ3n) is 4.84. The van der Waals surface area contributed by atoms with Gasteiger partial charge in [-0.05, 0) is 32.8 Å². The van der Waals surface area contributed by atoms with Crippen molar-refractivity contribution in [3.05, 3.63) is 42.1 Å². The van der Waals surface area contributed by atoms with Gasteiger partial charge in [-0.3, -0.25) is 9.48 Å². The lowest BCUT2D eigenvalue weighted by Gasteiger charge is -2.33. The van der Waals surface area contributed by atoms with Crippen LogP contribution < -0.4 is 0 Å². The van der Waals surface area contributed by atoms with Gasteiger partial charge in [-0.25, -0.2) is 9.67 Å². The van der Waals surface area contributed by atoms with Crippen molar-refractivity contribution in [3.63, 3.8) is 0 Å². The van der Waals surface area contributed by atoms with E-state index in [1.165, 1.54) is 0 Å². The number of hydrogen-bond acceptors (Lipinski definition) is 4. The number of para-hydroxylation sites is 1. The summed E-state index contributed by atoms with van der Waals surface area (Å²) in [6.45, 7) is 5.62. The molecule has 25 heavy (non-hydrogen) atoms. The Morgan fingerprint density at radius 1 is 1.28 bits per heavy atom. The minimum atomic E-state index is 0.105. The molecule has 7 heteroatoms. The predicted molar refractivity (Wildman–Crippen MR) is 94.1 cm³/mol. The Morgan fingerprint density at radius 2 is 2.12 bits per heavy atom. The van der Waals surface area contributed by atoms with Gasteiger partial charge in [0.05, 0.1) is 17.8 Å². The Hall–Kier alpha value is -2.70. The maximum atomic E-state index is 12.8. The smallest absolute Gasteiger partial charge is 0.244 e. The Kier molecular flexibility index (Phi) is 3.99. The average Bonchev–Trinajstić information content (AvgIpc) is 3.18. The zero-order chi connectivity index (χ0) is 17.4. The summed E-state index contributed by atoms with van der Waals surface area (Å²) in [6.07, 6.45) is 3.82. The standard InChI is InChI=1S/C18H22N6O/c1-13-20-14(2)24(21-13)16-7-5-9-22(11-16)18(25)12-23-17-8-4-3-6-15(17)10-19-23/h3-4,6,8,10,16H,5,7,9,11-12H2,1-2H3. The van der Waals surface area contributed by atoms with Crippen molar-refractivity contribution in [2.75, 3.05) is 13.1 Å². The number of carbonyl (C=O) groups is 1. The van der Waals surface area contributed by atoms with Crippen LogP contribution in [0.5, 0.6) is 0 Å². The number of likely N-dealkylation sites (tertiary alicyclic amines) is 1. The highest BCUT2D eigenvalue weighted by Gasteiger charge is 2.27. The molecule has 1 atom stereocenters. The van der Waals surface area contributed by atoms with Gasteiger partial charge in [-0.2, -0.15) is 10.2 Å². The molecule has 3 aromatic rings. The first-order valence-electron chi connectivity index (χ1n) is 8.70. The molecule has 0 aliphatic carbocycles. The van der Waals surface area contributed by atoms with E-state index in [0.717, 1.165) is 41.9 Å². The number of carbonyl (C=O) groups excluding carboxylic acids is 1. The molecule has 1 aliphatic rings. The molecule has 1 aliphatic heterocycles. The van der Waals surface area contributed by atoms with Crippen LogP contribution in [0.3, 0.4) is 0 Å². The Balaban J connectivity index is 1.49. The van der Waals surface area contributed by atoms with Gasteiger partial charge in [-0.1, -0.05) is 18.2 Å². The van der Waals surface area contributed by atoms with E-state index in [9.17, 15) is 4.79 Å². The van der Waals surface area contributed by atoms with Crippen LogP contribution >= 0.6 is 0 Å². The van der Waals surface area contributed by atoms with Crippen LogP contribution in [0.2, 0.25) is 0 Å². The summed E-state index contributed by atoms with van der Waals surface area (Å²) in [4.78, 5) is 19.1. The second-order valence-corrected chi connectivity index (χ2v) is 6.65. The van der Waals surface area contributed by atoms with Crippen LogP contribution in [0.1, 0.15) is 30.5 Å². The van der Waals surface area contributed by atoms with E-state index in [-0.39, 0.29) is 18.5 Å². The number of aryl methyl sites for hydroxylation is 2. The molecule has 0 saturated carbocycles. The number of aromatic nitrogens is 5. The SMILES string of the molecule is Cc1nc(C)n(C2CCCN(C(=O)Cn3ncc4ccccc43)C2)n1. The summed E-state index contributed by atoms with van der Waals surface area (Å²) in [5.74, 6) is 1.80. The van der Waals surface area contributed by atoms with Crippen LogP contribution in [-0.2, 0) is 11.3 Å². The molecule has 2 aromatic heterocycles. The second-order valence-electron chi connectivity index (χ2n) is 6.65. The summed E-state index contributed by atoms with van der Waals surface area (Å²) in [5.41, 5.74) is 0.993. The molecule has 7 nitrogen and oxygen atoms in total. The lowest BCUT2D eigenvalue weighted by atomic mass is 10.1. The number of piperidine rings is 1. The fourth-order valence-corrected chi connectivity index (χ4v) is 3.64. The fourth-order valence-electron chi connectivity index (χ4n) is 3.64. The quantitative estimate of drug-likeness (QED) is 0.733. The van der Waals surface area contributed by atoms with E-state index >= 15 is 0 Å². The van der Waals surface area contributed by atoms with Gasteiger partial charge in [0.2, 0.25) is 5.91 Å². The monoisotopic (exact) mass is 338 g/mol. The third-order valence-corrected chi connectivity index (χ3v) is 4.84. The maximum Gasteiger partial charge on any atom is 0.244 e. The molecule has 0 spiro atoms. The molecule has 0 radical (unpaired) electrons. The van der Waals surface area contributed by atoms with Crippen LogP contribution in [0.4, 0.5) is 0 Å². The highest BCUT2D eigenvalue weighted by atomic mass is 16.2. The second kappa shape index (κ2) is 6.31. The summed E-state index contributed by atoms with van der Waals surface area (Å²) in [7, 11) is 0. The largest absolute Gasteiger partial charge is 0.339 e. The van der Waals surface area contributed by atoms with E-state index in [1.54, 1.807) is 4.68 Å². The summed E-state index contributed by atoms with van der Waals surface area (Å²) < 4.78 is 3.75. The Labute approximate surface area is 146 Å². The molecular weight excluding hydrogens is 316 g/mol. The molecule has 0 bridgehead atoms. The molecule has 1 amide bonds. The van der Waals surface area contributed by atoms with Gasteiger partial charge in [0.1, 0.15) is 18.2 Å². The number of hydrogen-bond donors (Lipinski definition) is 0. The molecule has 1 fully saturated rings. The highest BCUT2D eigenvalue weighted by molar-refractivity contribution is 5.82. The van der Waals surface area contributed by atoms with Gasteiger partial charge in [0, 0.05) is 18.5 Å². The molecular formula is C18H22N6O. The zero-order valence-corrected chi connectivity index (χ0v) is 14.6. The Bertz CT molecular complexity index is 911. The number of rotatable bonds is 3. The van der Waals surface area contributed by atoms with E-state index in [0.29, 0.717) is 6.54 Å². The van der Waals surface area contributed by atoms with E-state index < -0.39 is 0 Å². The van der Waals surface area contributed by atoms with Gasteiger partial charge >= 0.3 is 0 Å². The number of amides is 1. The van der Waals surface area contributed by atoms with Crippen molar-refractivity contribution >= 4 is 16.8 Å². The van der Waals surface area contributed by atoms with Crippen molar-refractivity contribution in [3.8, 4) is 0 Å². The third kappa shape index (κ3) is 3.01. The minimum absolute atomic E-state index is 0.105. The lowest BCUT2D eigenvalue weighted by Crippen LogP contribution is -2.42. The predicted octanol–water partition coefficient (Wildman–Crippen LogP) is 2.11. The molecule has 4 rings (SSSR count). The first-order valence-corrected chi connectivity index (χ1v) is 8.70. The van der Waals surface area contributed by atoms with Gasteiger partial charge in [0.25, 0.3) is 0 Å². The normalized spacial score (nSPS) is 18.0. The van der Waals surface area contributed by atoms with Crippen molar-refractivity contribution < 1.29 is 4.79 Å². The number of nitrogens with zero attached hydrogens (tertiary/aromatic N) is 6. The van der Waals surface area contributed by atoms with Gasteiger partial charge in [-0.15, -0.1) is 0 Å². The fraction of sp³-hybridized carbons (Fsp3) is 0.444. The first-order chi connectivity index (χ1) is 12.1. The van der Waals surface area contributed by atoms with Crippen LogP contribution in [-0.4, -0.2) is 48.4 Å². The molecule has 1 aromatic carbocycles. The average molecular weight is 338 g/mol. The molecule has 0 N–H and O–H groups in total. The highest BCUT2D eigenvalue weighted by Crippen LogP contribution is 2.22. The van der Waals surface area contributed by atoms with Crippen LogP contribution in [0, 0.1) is 13.8 Å². The number of fused-ring (bicyclic) bond motifs is 1. The topological polar surface area (TPSA) is 68.8 Å². The molecule has 1 unspecified atom stereocenters. The minimum Gasteiger partial charge on any atom is -0.339 e. The summed E-state index contributed by atoms with van der Waals surface area (Å²) in [6, 6.07) is 8.16. The van der Waals surface area contributed by atoms with Gasteiger partial charge in [0.15, 0.2) is 0 Å². The van der Waals surface area contributed by atoms with E-state index in [2.05, 4.69) is 15.2 Å². The summed E-state index contributed by atoms with van der Waals surface area (Å²) >= 11 is 0. The molecule has 130 valence electrons. The van der Waals surface area contributed by atoms with Crippen LogP contribution in [0.15, 0.2) is 30.5 Å². The molecule has 1 saturated heterocycles.